The molecule has 0 unspecified atom stereocenters. The highest BCUT2D eigenvalue weighted by Crippen LogP contribution is 2.12. The number of ether oxygens (including phenoxy) is 2. The van der Waals surface area contributed by atoms with E-state index in [0.29, 0.717) is 12.8 Å². The fourth-order valence-corrected chi connectivity index (χ4v) is 5.31. The zero-order valence-corrected chi connectivity index (χ0v) is 24.8. The third-order valence-corrected chi connectivity index (χ3v) is 7.78. The Hall–Kier alpha value is -4.29. The normalized spacial score (nSPS) is 12.1. The molecule has 0 saturated heterocycles. The topological polar surface area (TPSA) is 123 Å². The summed E-state index contributed by atoms with van der Waals surface area (Å²) in [5, 5.41) is 5.85. The van der Waals surface area contributed by atoms with E-state index in [0.717, 1.165) is 20.9 Å². The molecule has 0 aliphatic rings. The first kappa shape index (κ1) is 30.7. The highest BCUT2D eigenvalue weighted by Gasteiger charge is 2.24. The fraction of sp³-hybridized carbons (Fsp3) is 0.300. The molecule has 0 saturated carbocycles. The van der Waals surface area contributed by atoms with E-state index in [2.05, 4.69) is 20.6 Å². The SMILES string of the molecule is CC(=O)N(C[C@@H](Cc1ccccc1)NC(=O)OCc1cncs1)C[C@@H](Cc1ccccc1)NC(=O)OCc1cncs1. The van der Waals surface area contributed by atoms with Crippen LogP contribution in [0.4, 0.5) is 9.59 Å². The maximum absolute atomic E-state index is 12.9. The highest BCUT2D eigenvalue weighted by atomic mass is 32.1. The number of rotatable bonds is 14. The number of benzene rings is 2. The zero-order chi connectivity index (χ0) is 29.6. The second kappa shape index (κ2) is 16.2. The molecule has 0 radical (unpaired) electrons. The van der Waals surface area contributed by atoms with E-state index in [9.17, 15) is 14.4 Å². The van der Waals surface area contributed by atoms with Crippen LogP contribution in [0, 0.1) is 0 Å². The first-order chi connectivity index (χ1) is 20.4. The molecule has 4 aromatic rings. The van der Waals surface area contributed by atoms with Gasteiger partial charge in [-0.05, 0) is 24.0 Å². The molecule has 10 nitrogen and oxygen atoms in total. The van der Waals surface area contributed by atoms with Crippen LogP contribution < -0.4 is 10.6 Å². The lowest BCUT2D eigenvalue weighted by Crippen LogP contribution is -2.51. The van der Waals surface area contributed by atoms with Crippen LogP contribution in [-0.4, -0.2) is 58.1 Å². The Morgan fingerprint density at radius 2 is 1.17 bits per heavy atom. The van der Waals surface area contributed by atoms with Gasteiger partial charge in [-0.25, -0.2) is 9.59 Å². The van der Waals surface area contributed by atoms with Gasteiger partial charge >= 0.3 is 12.2 Å². The van der Waals surface area contributed by atoms with Crippen molar-refractivity contribution in [1.82, 2.24) is 25.5 Å². The van der Waals surface area contributed by atoms with Gasteiger partial charge in [-0.15, -0.1) is 22.7 Å². The Kier molecular flexibility index (Phi) is 11.8. The third-order valence-electron chi connectivity index (χ3n) is 6.28. The number of hydrogen-bond donors (Lipinski definition) is 2. The molecule has 0 bridgehead atoms. The standard InChI is InChI=1S/C30H33N5O5S2/c1-22(36)35(16-25(12-23-8-4-2-5-9-23)33-29(37)39-18-27-14-31-20-41-27)17-26(13-24-10-6-3-7-11-24)34-30(38)40-19-28-15-32-21-42-28/h2-11,14-15,20-21,25-26H,12-13,16-19H2,1H3,(H,33,37)(H,34,38)/t25-,26-/m1/s1. The Balaban J connectivity index is 1.45. The number of nitrogens with zero attached hydrogens (tertiary/aromatic N) is 3. The van der Waals surface area contributed by atoms with Crippen molar-refractivity contribution < 1.29 is 23.9 Å². The summed E-state index contributed by atoms with van der Waals surface area (Å²) in [6.07, 6.45) is 3.09. The van der Waals surface area contributed by atoms with Gasteiger partial charge in [0.1, 0.15) is 13.2 Å². The Morgan fingerprint density at radius 3 is 1.52 bits per heavy atom. The van der Waals surface area contributed by atoms with Gasteiger partial charge in [-0.1, -0.05) is 60.7 Å². The fourth-order valence-electron chi connectivity index (χ4n) is 4.30. The summed E-state index contributed by atoms with van der Waals surface area (Å²) in [6.45, 7) is 2.12. The van der Waals surface area contributed by atoms with Crippen LogP contribution in [0.1, 0.15) is 27.8 Å². The van der Waals surface area contributed by atoms with E-state index in [-0.39, 0.29) is 32.2 Å². The Morgan fingerprint density at radius 1 is 0.738 bits per heavy atom. The Labute approximate surface area is 252 Å². The molecular formula is C30H33N5O5S2. The number of alkyl carbamates (subject to hydrolysis) is 2. The number of thiazole rings is 2. The van der Waals surface area contributed by atoms with Crippen molar-refractivity contribution in [2.24, 2.45) is 0 Å². The van der Waals surface area contributed by atoms with E-state index in [1.807, 2.05) is 60.7 Å². The molecule has 42 heavy (non-hydrogen) atoms. The lowest BCUT2D eigenvalue weighted by molar-refractivity contribution is -0.129. The summed E-state index contributed by atoms with van der Waals surface area (Å²) < 4.78 is 10.8. The van der Waals surface area contributed by atoms with Gasteiger partial charge in [0.25, 0.3) is 0 Å². The summed E-state index contributed by atoms with van der Waals surface area (Å²) in [6, 6.07) is 18.5. The molecule has 0 fully saturated rings. The molecule has 12 heteroatoms. The summed E-state index contributed by atoms with van der Waals surface area (Å²) in [5.74, 6) is -0.189. The second-order valence-corrected chi connectivity index (χ2v) is 11.5. The molecule has 2 aromatic carbocycles. The average Bonchev–Trinajstić information content (AvgIpc) is 3.70. The molecule has 0 spiro atoms. The van der Waals surface area contributed by atoms with Crippen LogP contribution in [0.2, 0.25) is 0 Å². The van der Waals surface area contributed by atoms with Crippen molar-refractivity contribution in [1.29, 1.82) is 0 Å². The maximum Gasteiger partial charge on any atom is 0.407 e. The summed E-state index contributed by atoms with van der Waals surface area (Å²) in [5.41, 5.74) is 5.35. The van der Waals surface area contributed by atoms with Crippen LogP contribution in [-0.2, 0) is 40.3 Å². The second-order valence-electron chi connectivity index (χ2n) is 9.57. The summed E-state index contributed by atoms with van der Waals surface area (Å²) >= 11 is 2.80. The minimum atomic E-state index is -0.585. The van der Waals surface area contributed by atoms with Gasteiger partial charge in [0.2, 0.25) is 5.91 Å². The maximum atomic E-state index is 12.9. The van der Waals surface area contributed by atoms with Crippen LogP contribution in [0.5, 0.6) is 0 Å². The van der Waals surface area contributed by atoms with Crippen molar-refractivity contribution in [3.8, 4) is 0 Å². The van der Waals surface area contributed by atoms with E-state index in [1.54, 1.807) is 28.3 Å². The third kappa shape index (κ3) is 10.6. The molecular weight excluding hydrogens is 574 g/mol. The molecule has 2 atom stereocenters. The van der Waals surface area contributed by atoms with Crippen molar-refractivity contribution in [3.63, 3.8) is 0 Å². The zero-order valence-electron chi connectivity index (χ0n) is 23.2. The largest absolute Gasteiger partial charge is 0.444 e. The van der Waals surface area contributed by atoms with Crippen molar-refractivity contribution in [2.75, 3.05) is 13.1 Å². The van der Waals surface area contributed by atoms with Gasteiger partial charge in [0.15, 0.2) is 0 Å². The van der Waals surface area contributed by atoms with Crippen LogP contribution in [0.25, 0.3) is 0 Å². The predicted molar refractivity (Wildman–Crippen MR) is 161 cm³/mol. The van der Waals surface area contributed by atoms with Gasteiger partial charge < -0.3 is 25.0 Å². The molecule has 2 aromatic heterocycles. The first-order valence-electron chi connectivity index (χ1n) is 13.4. The van der Waals surface area contributed by atoms with E-state index < -0.39 is 24.3 Å². The highest BCUT2D eigenvalue weighted by molar-refractivity contribution is 7.09. The van der Waals surface area contributed by atoms with Crippen molar-refractivity contribution in [2.45, 2.75) is 45.1 Å². The first-order valence-corrected chi connectivity index (χ1v) is 15.1. The van der Waals surface area contributed by atoms with E-state index in [4.69, 9.17) is 9.47 Å². The quantitative estimate of drug-likeness (QED) is 0.211. The molecule has 3 amide bonds. The number of amides is 3. The Bertz CT molecular complexity index is 1270. The van der Waals surface area contributed by atoms with Gasteiger partial charge in [0, 0.05) is 32.4 Å². The van der Waals surface area contributed by atoms with Gasteiger partial charge in [-0.2, -0.15) is 0 Å². The van der Waals surface area contributed by atoms with Crippen LogP contribution in [0.15, 0.2) is 84.1 Å². The minimum absolute atomic E-state index is 0.109. The van der Waals surface area contributed by atoms with Crippen LogP contribution in [0.3, 0.4) is 0 Å². The number of carbonyl (C=O) groups is 3. The summed E-state index contributed by atoms with van der Waals surface area (Å²) in [4.78, 5) is 49.6. The van der Waals surface area contributed by atoms with E-state index in [1.165, 1.54) is 29.6 Å². The molecule has 0 aliphatic carbocycles. The minimum Gasteiger partial charge on any atom is -0.444 e. The molecule has 2 N–H and O–H groups in total. The smallest absolute Gasteiger partial charge is 0.407 e. The predicted octanol–water partition coefficient (Wildman–Crippen LogP) is 4.82. The monoisotopic (exact) mass is 607 g/mol. The summed E-state index contributed by atoms with van der Waals surface area (Å²) in [7, 11) is 0. The van der Waals surface area contributed by atoms with Crippen molar-refractivity contribution in [3.05, 3.63) is 105 Å². The van der Waals surface area contributed by atoms with Gasteiger partial charge in [0.05, 0.1) is 32.9 Å². The number of nitrogens with one attached hydrogen (secondary N) is 2. The molecule has 2 heterocycles. The molecule has 0 aliphatic heterocycles. The van der Waals surface area contributed by atoms with Gasteiger partial charge in [-0.3, -0.25) is 14.8 Å². The molecule has 220 valence electrons. The van der Waals surface area contributed by atoms with Crippen LogP contribution >= 0.6 is 22.7 Å². The number of hydrogen-bond acceptors (Lipinski definition) is 9. The lowest BCUT2D eigenvalue weighted by atomic mass is 10.0. The number of carbonyl (C=O) groups excluding carboxylic acids is 3. The molecule has 4 rings (SSSR count). The lowest BCUT2D eigenvalue weighted by Gasteiger charge is -2.31. The number of aromatic nitrogens is 2. The van der Waals surface area contributed by atoms with Crippen molar-refractivity contribution >= 4 is 40.8 Å². The van der Waals surface area contributed by atoms with E-state index >= 15 is 0 Å². The average molecular weight is 608 g/mol.